The smallest absolute Gasteiger partial charge is 0.159 e. The molecule has 4 heteroatoms. The Balaban J connectivity index is 1.23. The molecule has 0 N–H and O–H groups in total. The van der Waals surface area contributed by atoms with Crippen molar-refractivity contribution in [3.8, 4) is 0 Å². The fourth-order valence-corrected chi connectivity index (χ4v) is 11.0. The summed E-state index contributed by atoms with van der Waals surface area (Å²) in [5, 5.41) is 12.1. The van der Waals surface area contributed by atoms with Gasteiger partial charge in [0.05, 0.1) is 22.7 Å². The van der Waals surface area contributed by atoms with Gasteiger partial charge in [0, 0.05) is 43.7 Å². The van der Waals surface area contributed by atoms with Crippen molar-refractivity contribution in [3.63, 3.8) is 0 Å². The van der Waals surface area contributed by atoms with E-state index in [9.17, 15) is 0 Å². The van der Waals surface area contributed by atoms with E-state index >= 15 is 0 Å². The molecular weight excluding hydrogens is 805 g/mol. The van der Waals surface area contributed by atoms with Gasteiger partial charge in [-0.05, 0) is 117 Å². The number of nitrogens with zero attached hydrogens (tertiary/aromatic N) is 2. The van der Waals surface area contributed by atoms with Gasteiger partial charge in [-0.2, -0.15) is 0 Å². The Labute approximate surface area is 385 Å². The number of benzene rings is 10. The maximum atomic E-state index is 6.93. The van der Waals surface area contributed by atoms with Gasteiger partial charge in [0.15, 0.2) is 11.2 Å². The van der Waals surface area contributed by atoms with Crippen LogP contribution in [0.2, 0.25) is 0 Å². The third kappa shape index (κ3) is 5.97. The predicted molar refractivity (Wildman–Crippen MR) is 281 cm³/mol. The summed E-state index contributed by atoms with van der Waals surface area (Å²) in [6.45, 7) is 13.9. The van der Waals surface area contributed by atoms with Crippen molar-refractivity contribution < 1.29 is 8.83 Å². The quantitative estimate of drug-likeness (QED) is 0.128. The van der Waals surface area contributed by atoms with Gasteiger partial charge in [0.25, 0.3) is 0 Å². The molecule has 66 heavy (non-hydrogen) atoms. The molecule has 0 amide bonds. The summed E-state index contributed by atoms with van der Waals surface area (Å²) >= 11 is 0. The first-order valence-electron chi connectivity index (χ1n) is 23.7. The number of furan rings is 2. The molecule has 0 spiro atoms. The summed E-state index contributed by atoms with van der Waals surface area (Å²) in [6, 6.07) is 62.3. The Morgan fingerprint density at radius 2 is 0.742 bits per heavy atom. The molecule has 12 aromatic rings. The molecule has 322 valence electrons. The molecular formula is C62H52N2O2. The van der Waals surface area contributed by atoms with Crippen molar-refractivity contribution in [3.05, 3.63) is 192 Å². The summed E-state index contributed by atoms with van der Waals surface area (Å²) in [5.41, 5.74) is 15.4. The Morgan fingerprint density at radius 1 is 0.379 bits per heavy atom. The average Bonchev–Trinajstić information content (AvgIpc) is 3.93. The van der Waals surface area contributed by atoms with Gasteiger partial charge < -0.3 is 18.6 Å². The van der Waals surface area contributed by atoms with E-state index in [1.54, 1.807) is 0 Å². The van der Waals surface area contributed by atoms with E-state index in [-0.39, 0.29) is 11.8 Å². The van der Waals surface area contributed by atoms with Crippen LogP contribution in [0, 0.1) is 0 Å². The summed E-state index contributed by atoms with van der Waals surface area (Å²) in [7, 11) is 0. The monoisotopic (exact) mass is 856 g/mol. The molecule has 2 aromatic heterocycles. The molecule has 0 aliphatic carbocycles. The van der Waals surface area contributed by atoms with Gasteiger partial charge in [-0.15, -0.1) is 0 Å². The number of hydrogen-bond donors (Lipinski definition) is 0. The van der Waals surface area contributed by atoms with Crippen LogP contribution in [0.25, 0.3) is 76.2 Å². The lowest BCUT2D eigenvalue weighted by atomic mass is 9.84. The van der Waals surface area contributed by atoms with Crippen molar-refractivity contribution >= 4 is 110 Å². The van der Waals surface area contributed by atoms with Crippen molar-refractivity contribution in [2.45, 2.75) is 66.2 Å². The van der Waals surface area contributed by atoms with Crippen molar-refractivity contribution in [1.29, 1.82) is 0 Å². The number of rotatable bonds is 10. The van der Waals surface area contributed by atoms with Crippen molar-refractivity contribution in [2.75, 3.05) is 9.80 Å². The van der Waals surface area contributed by atoms with Crippen LogP contribution in [0.1, 0.15) is 75.6 Å². The van der Waals surface area contributed by atoms with E-state index in [1.807, 2.05) is 0 Å². The second-order valence-corrected chi connectivity index (χ2v) is 18.5. The molecule has 2 heterocycles. The van der Waals surface area contributed by atoms with E-state index in [0.717, 1.165) is 90.8 Å². The van der Waals surface area contributed by atoms with Crippen LogP contribution in [0.3, 0.4) is 0 Å². The molecule has 0 radical (unpaired) electrons. The normalized spacial score (nSPS) is 12.2. The number of para-hydroxylation sites is 4. The Bertz CT molecular complexity index is 3550. The maximum Gasteiger partial charge on any atom is 0.159 e. The lowest BCUT2D eigenvalue weighted by molar-refractivity contribution is 0.668. The number of hydrogen-bond acceptors (Lipinski definition) is 4. The topological polar surface area (TPSA) is 32.8 Å². The van der Waals surface area contributed by atoms with Gasteiger partial charge in [0.2, 0.25) is 0 Å². The number of fused-ring (bicyclic) bond motifs is 6. The number of anilines is 6. The highest BCUT2D eigenvalue weighted by atomic mass is 16.3. The third-order valence-corrected chi connectivity index (χ3v) is 14.1. The van der Waals surface area contributed by atoms with Gasteiger partial charge in [-0.1, -0.05) is 163 Å². The fourth-order valence-electron chi connectivity index (χ4n) is 11.0. The van der Waals surface area contributed by atoms with Crippen LogP contribution in [0.5, 0.6) is 0 Å². The fraction of sp³-hybridized carbons (Fsp3) is 0.161. The zero-order valence-corrected chi connectivity index (χ0v) is 38.4. The van der Waals surface area contributed by atoms with Gasteiger partial charge >= 0.3 is 0 Å². The van der Waals surface area contributed by atoms with Gasteiger partial charge in [0.1, 0.15) is 11.2 Å². The van der Waals surface area contributed by atoms with Crippen LogP contribution >= 0.6 is 0 Å². The molecule has 0 bridgehead atoms. The van der Waals surface area contributed by atoms with Crippen LogP contribution in [0.15, 0.2) is 179 Å². The minimum Gasteiger partial charge on any atom is -0.454 e. The molecule has 0 atom stereocenters. The highest BCUT2D eigenvalue weighted by Gasteiger charge is 2.30. The Morgan fingerprint density at radius 3 is 1.14 bits per heavy atom. The van der Waals surface area contributed by atoms with Crippen LogP contribution in [-0.2, 0) is 12.8 Å². The molecule has 0 aliphatic rings. The van der Waals surface area contributed by atoms with Crippen LogP contribution in [0.4, 0.5) is 34.1 Å². The minimum absolute atomic E-state index is 0.251. The first-order chi connectivity index (χ1) is 32.3. The molecule has 4 nitrogen and oxygen atoms in total. The maximum absolute atomic E-state index is 6.93. The van der Waals surface area contributed by atoms with Crippen LogP contribution in [-0.4, -0.2) is 0 Å². The first kappa shape index (κ1) is 40.0. The molecule has 10 aromatic carbocycles. The summed E-state index contributed by atoms with van der Waals surface area (Å²) in [5.74, 6) is 0.502. The SMILES string of the molecule is CCc1ccc2c(oc3ccccc32)c1N(c1ccccc1)c1cc(C(C)C)c2ccc3c(N(c4ccccc4)c4c(CC)ccc5c4oc4ccccc45)cc(C(C)C)c4ccc1c2c43. The molecule has 0 saturated carbocycles. The standard InChI is InChI=1S/C62H52N2O2/c1-7-39-27-29-47-43-23-15-17-25-55(43)65-61(47)59(39)63(41-19-11-9-12-20-41)53-35-51(37(3)4)45-32-34-50-54(36-52(38(5)6)46-31-33-49(53)57(45)58(46)50)64(42-21-13-10-14-22-42)60-40(8-2)28-30-48-44-24-16-18-26-56(44)66-62(48)60/h9-38H,7-8H2,1-6H3. The van der Waals surface area contributed by atoms with Gasteiger partial charge in [-0.25, -0.2) is 0 Å². The summed E-state index contributed by atoms with van der Waals surface area (Å²) < 4.78 is 13.9. The lowest BCUT2D eigenvalue weighted by Gasteiger charge is -2.32. The van der Waals surface area contributed by atoms with E-state index < -0.39 is 0 Å². The van der Waals surface area contributed by atoms with E-state index in [4.69, 9.17) is 8.83 Å². The zero-order chi connectivity index (χ0) is 44.8. The van der Waals surface area contributed by atoms with E-state index in [0.29, 0.717) is 0 Å². The molecule has 12 rings (SSSR count). The average molecular weight is 857 g/mol. The molecule has 0 unspecified atom stereocenters. The second kappa shape index (κ2) is 15.6. The van der Waals surface area contributed by atoms with Gasteiger partial charge in [-0.3, -0.25) is 0 Å². The Hall–Kier alpha value is -7.56. The van der Waals surface area contributed by atoms with Crippen molar-refractivity contribution in [2.24, 2.45) is 0 Å². The van der Waals surface area contributed by atoms with Crippen LogP contribution < -0.4 is 9.80 Å². The highest BCUT2D eigenvalue weighted by Crippen LogP contribution is 2.54. The first-order valence-corrected chi connectivity index (χ1v) is 23.7. The summed E-state index contributed by atoms with van der Waals surface area (Å²) in [4.78, 5) is 5.00. The predicted octanol–water partition coefficient (Wildman–Crippen LogP) is 18.7. The highest BCUT2D eigenvalue weighted by molar-refractivity contribution is 6.30. The Kier molecular flexibility index (Phi) is 9.43. The summed E-state index contributed by atoms with van der Waals surface area (Å²) in [6.07, 6.45) is 1.70. The van der Waals surface area contributed by atoms with E-state index in [1.165, 1.54) is 54.6 Å². The second-order valence-electron chi connectivity index (χ2n) is 18.5. The number of aryl methyl sites for hydroxylation is 2. The van der Waals surface area contributed by atoms with Crippen molar-refractivity contribution in [1.82, 2.24) is 0 Å². The zero-order valence-electron chi connectivity index (χ0n) is 38.4. The molecule has 0 saturated heterocycles. The molecule has 0 aliphatic heterocycles. The van der Waals surface area contributed by atoms with E-state index in [2.05, 4.69) is 221 Å². The largest absolute Gasteiger partial charge is 0.454 e. The lowest BCUT2D eigenvalue weighted by Crippen LogP contribution is -2.15. The minimum atomic E-state index is 0.251. The third-order valence-electron chi connectivity index (χ3n) is 14.1. The molecule has 0 fully saturated rings.